The SMILES string of the molecule is CN(C)CCCNC(=O)c1c(Cl)ccc(Cl)c1Cl. The van der Waals surface area contributed by atoms with Crippen molar-refractivity contribution < 1.29 is 4.79 Å². The van der Waals surface area contributed by atoms with Crippen molar-refractivity contribution in [3.05, 3.63) is 32.8 Å². The third-order valence-corrected chi connectivity index (χ3v) is 3.46. The van der Waals surface area contributed by atoms with Crippen molar-refractivity contribution in [3.8, 4) is 0 Å². The van der Waals surface area contributed by atoms with Gasteiger partial charge < -0.3 is 10.2 Å². The van der Waals surface area contributed by atoms with E-state index >= 15 is 0 Å². The fourth-order valence-corrected chi connectivity index (χ4v) is 2.12. The molecule has 1 amide bonds. The number of hydrogen-bond acceptors (Lipinski definition) is 2. The van der Waals surface area contributed by atoms with Crippen molar-refractivity contribution >= 4 is 40.7 Å². The number of rotatable bonds is 5. The van der Waals surface area contributed by atoms with Gasteiger partial charge in [-0.15, -0.1) is 0 Å². The smallest absolute Gasteiger partial charge is 0.254 e. The predicted octanol–water partition coefficient (Wildman–Crippen LogP) is 3.33. The zero-order chi connectivity index (χ0) is 13.7. The molecule has 0 bridgehead atoms. The molecule has 0 aliphatic rings. The van der Waals surface area contributed by atoms with Crippen LogP contribution in [-0.4, -0.2) is 38.0 Å². The van der Waals surface area contributed by atoms with Gasteiger partial charge in [0.15, 0.2) is 0 Å². The van der Waals surface area contributed by atoms with Crippen molar-refractivity contribution in [2.75, 3.05) is 27.2 Å². The summed E-state index contributed by atoms with van der Waals surface area (Å²) >= 11 is 17.8. The van der Waals surface area contributed by atoms with Crippen molar-refractivity contribution in [1.82, 2.24) is 10.2 Å². The molecule has 0 spiro atoms. The summed E-state index contributed by atoms with van der Waals surface area (Å²) in [6.45, 7) is 1.47. The molecule has 0 atom stereocenters. The zero-order valence-electron chi connectivity index (χ0n) is 10.3. The number of carbonyl (C=O) groups excluding carboxylic acids is 1. The molecule has 1 rings (SSSR count). The molecular weight excluding hydrogens is 295 g/mol. The van der Waals surface area contributed by atoms with Gasteiger partial charge in [-0.2, -0.15) is 0 Å². The minimum absolute atomic E-state index is 0.189. The van der Waals surface area contributed by atoms with Crippen molar-refractivity contribution in [1.29, 1.82) is 0 Å². The Bertz CT molecular complexity index is 436. The first-order chi connectivity index (χ1) is 8.43. The third-order valence-electron chi connectivity index (χ3n) is 2.34. The van der Waals surface area contributed by atoms with Crippen LogP contribution in [-0.2, 0) is 0 Å². The topological polar surface area (TPSA) is 32.3 Å². The lowest BCUT2D eigenvalue weighted by Gasteiger charge is -2.11. The number of halogens is 3. The van der Waals surface area contributed by atoms with E-state index in [1.807, 2.05) is 19.0 Å². The van der Waals surface area contributed by atoms with Gasteiger partial charge in [0.05, 0.1) is 20.6 Å². The molecule has 0 aliphatic carbocycles. The van der Waals surface area contributed by atoms with E-state index in [1.54, 1.807) is 12.1 Å². The third kappa shape index (κ3) is 4.32. The zero-order valence-corrected chi connectivity index (χ0v) is 12.5. The van der Waals surface area contributed by atoms with Gasteiger partial charge in [-0.25, -0.2) is 0 Å². The normalized spacial score (nSPS) is 10.8. The average Bonchev–Trinajstić information content (AvgIpc) is 2.30. The summed E-state index contributed by atoms with van der Waals surface area (Å²) in [7, 11) is 3.96. The molecule has 6 heteroatoms. The average molecular weight is 310 g/mol. The molecule has 0 heterocycles. The van der Waals surface area contributed by atoms with E-state index < -0.39 is 0 Å². The lowest BCUT2D eigenvalue weighted by molar-refractivity contribution is 0.0952. The number of carbonyl (C=O) groups is 1. The van der Waals surface area contributed by atoms with E-state index in [4.69, 9.17) is 34.8 Å². The van der Waals surface area contributed by atoms with Crippen molar-refractivity contribution in [2.45, 2.75) is 6.42 Å². The van der Waals surface area contributed by atoms with E-state index in [9.17, 15) is 4.79 Å². The van der Waals surface area contributed by atoms with E-state index in [0.717, 1.165) is 13.0 Å². The minimum atomic E-state index is -0.300. The van der Waals surface area contributed by atoms with Crippen LogP contribution in [0.3, 0.4) is 0 Å². The summed E-state index contributed by atoms with van der Waals surface area (Å²) in [5, 5.41) is 3.58. The first-order valence-corrected chi connectivity index (χ1v) is 6.63. The Morgan fingerprint density at radius 1 is 1.22 bits per heavy atom. The molecule has 0 saturated heterocycles. The second-order valence-corrected chi connectivity index (χ2v) is 5.32. The first-order valence-electron chi connectivity index (χ1n) is 5.50. The number of benzene rings is 1. The second-order valence-electron chi connectivity index (χ2n) is 4.13. The molecule has 0 saturated carbocycles. The largest absolute Gasteiger partial charge is 0.352 e. The molecule has 0 fully saturated rings. The van der Waals surface area contributed by atoms with E-state index in [0.29, 0.717) is 16.6 Å². The molecule has 0 aliphatic heterocycles. The van der Waals surface area contributed by atoms with Crippen molar-refractivity contribution in [2.24, 2.45) is 0 Å². The number of nitrogens with zero attached hydrogens (tertiary/aromatic N) is 1. The number of hydrogen-bond donors (Lipinski definition) is 1. The predicted molar refractivity (Wildman–Crippen MR) is 77.0 cm³/mol. The maximum Gasteiger partial charge on any atom is 0.254 e. The van der Waals surface area contributed by atoms with Gasteiger partial charge in [-0.05, 0) is 39.2 Å². The highest BCUT2D eigenvalue weighted by Gasteiger charge is 2.16. The highest BCUT2D eigenvalue weighted by Crippen LogP contribution is 2.31. The summed E-state index contributed by atoms with van der Waals surface area (Å²) in [6.07, 6.45) is 0.856. The highest BCUT2D eigenvalue weighted by atomic mass is 35.5. The molecule has 100 valence electrons. The summed E-state index contributed by atoms with van der Waals surface area (Å²) in [4.78, 5) is 14.0. The Labute approximate surface area is 122 Å². The summed E-state index contributed by atoms with van der Waals surface area (Å²) in [5.74, 6) is -0.300. The van der Waals surface area contributed by atoms with Crippen LogP contribution in [0.4, 0.5) is 0 Å². The second kappa shape index (κ2) is 7.19. The van der Waals surface area contributed by atoms with E-state index in [-0.39, 0.29) is 16.5 Å². The molecule has 3 nitrogen and oxygen atoms in total. The molecule has 0 radical (unpaired) electrons. The van der Waals surface area contributed by atoms with Crippen LogP contribution in [0.1, 0.15) is 16.8 Å². The first kappa shape index (κ1) is 15.6. The lowest BCUT2D eigenvalue weighted by atomic mass is 10.2. The Morgan fingerprint density at radius 2 is 1.83 bits per heavy atom. The quantitative estimate of drug-likeness (QED) is 0.668. The van der Waals surface area contributed by atoms with Crippen LogP contribution < -0.4 is 5.32 Å². The molecule has 1 aromatic carbocycles. The van der Waals surface area contributed by atoms with Gasteiger partial charge in [0, 0.05) is 6.54 Å². The van der Waals surface area contributed by atoms with E-state index in [1.165, 1.54) is 0 Å². The minimum Gasteiger partial charge on any atom is -0.352 e. The number of nitrogens with one attached hydrogen (secondary N) is 1. The van der Waals surface area contributed by atoms with Crippen LogP contribution in [0.25, 0.3) is 0 Å². The molecule has 18 heavy (non-hydrogen) atoms. The van der Waals surface area contributed by atoms with Crippen LogP contribution in [0.15, 0.2) is 12.1 Å². The Morgan fingerprint density at radius 3 is 2.44 bits per heavy atom. The van der Waals surface area contributed by atoms with Gasteiger partial charge in [0.2, 0.25) is 0 Å². The Hall–Kier alpha value is -0.480. The van der Waals surface area contributed by atoms with E-state index in [2.05, 4.69) is 5.32 Å². The molecule has 0 aromatic heterocycles. The molecule has 1 aromatic rings. The maximum atomic E-state index is 11.9. The van der Waals surface area contributed by atoms with Gasteiger partial charge in [0.25, 0.3) is 5.91 Å². The van der Waals surface area contributed by atoms with Crippen LogP contribution in [0, 0.1) is 0 Å². The summed E-state index contributed by atoms with van der Waals surface area (Å²) in [6, 6.07) is 3.12. The molecule has 1 N–H and O–H groups in total. The fourth-order valence-electron chi connectivity index (χ4n) is 1.42. The van der Waals surface area contributed by atoms with Crippen molar-refractivity contribution in [3.63, 3.8) is 0 Å². The van der Waals surface area contributed by atoms with Gasteiger partial charge in [0.1, 0.15) is 0 Å². The molecule has 0 unspecified atom stereocenters. The lowest BCUT2D eigenvalue weighted by Crippen LogP contribution is -2.27. The Kier molecular flexibility index (Phi) is 6.22. The van der Waals surface area contributed by atoms with Gasteiger partial charge >= 0.3 is 0 Å². The monoisotopic (exact) mass is 308 g/mol. The van der Waals surface area contributed by atoms with Crippen LogP contribution in [0.2, 0.25) is 15.1 Å². The van der Waals surface area contributed by atoms with Gasteiger partial charge in [-0.1, -0.05) is 34.8 Å². The van der Waals surface area contributed by atoms with Crippen LogP contribution in [0.5, 0.6) is 0 Å². The summed E-state index contributed by atoms with van der Waals surface area (Å²) < 4.78 is 0. The fraction of sp³-hybridized carbons (Fsp3) is 0.417. The highest BCUT2D eigenvalue weighted by molar-refractivity contribution is 6.46. The number of amides is 1. The maximum absolute atomic E-state index is 11.9. The standard InChI is InChI=1S/C12H15Cl3N2O/c1-17(2)7-3-6-16-12(18)10-8(13)4-5-9(14)11(10)15/h4-5H,3,6-7H2,1-2H3,(H,16,18). The van der Waals surface area contributed by atoms with Crippen LogP contribution >= 0.6 is 34.8 Å². The molecular formula is C12H15Cl3N2O. The van der Waals surface area contributed by atoms with Gasteiger partial charge in [-0.3, -0.25) is 4.79 Å². The Balaban J connectivity index is 2.65. The summed E-state index contributed by atoms with van der Waals surface area (Å²) in [5.41, 5.74) is 0.232.